The molecule has 1 unspecified atom stereocenters. The Kier molecular flexibility index (Phi) is 7.76. The van der Waals surface area contributed by atoms with E-state index in [9.17, 15) is 4.79 Å². The maximum absolute atomic E-state index is 12.9. The van der Waals surface area contributed by atoms with Crippen LogP contribution in [0.3, 0.4) is 0 Å². The predicted octanol–water partition coefficient (Wildman–Crippen LogP) is 6.97. The minimum absolute atomic E-state index is 0.0869. The van der Waals surface area contributed by atoms with Crippen LogP contribution in [0, 0.1) is 20.8 Å². The lowest BCUT2D eigenvalue weighted by Crippen LogP contribution is -2.29. The number of fused-ring (bicyclic) bond motifs is 1. The average Bonchev–Trinajstić information content (AvgIpc) is 3.21. The van der Waals surface area contributed by atoms with Crippen molar-refractivity contribution in [2.24, 2.45) is 0 Å². The molecule has 0 bridgehead atoms. The van der Waals surface area contributed by atoms with Gasteiger partial charge in [0.05, 0.1) is 23.7 Å². The van der Waals surface area contributed by atoms with Gasteiger partial charge in [0, 0.05) is 17.1 Å². The van der Waals surface area contributed by atoms with Gasteiger partial charge in [-0.25, -0.2) is 4.98 Å². The van der Waals surface area contributed by atoms with Gasteiger partial charge in [-0.1, -0.05) is 41.9 Å². The van der Waals surface area contributed by atoms with Crippen molar-refractivity contribution < 1.29 is 9.53 Å². The maximum atomic E-state index is 12.9. The third kappa shape index (κ3) is 5.68. The van der Waals surface area contributed by atoms with Gasteiger partial charge >= 0.3 is 0 Å². The number of para-hydroxylation sites is 2. The van der Waals surface area contributed by atoms with Crippen LogP contribution < -0.4 is 10.1 Å². The van der Waals surface area contributed by atoms with Crippen LogP contribution in [-0.2, 0) is 6.54 Å². The van der Waals surface area contributed by atoms with Gasteiger partial charge in [0.25, 0.3) is 5.91 Å². The molecule has 1 aromatic heterocycles. The van der Waals surface area contributed by atoms with Crippen LogP contribution in [-0.4, -0.2) is 22.1 Å². The molecule has 6 heteroatoms. The number of benzene rings is 3. The van der Waals surface area contributed by atoms with Crippen molar-refractivity contribution in [2.75, 3.05) is 6.61 Å². The number of aromatic nitrogens is 2. The van der Waals surface area contributed by atoms with Gasteiger partial charge in [-0.15, -0.1) is 0 Å². The number of halogens is 1. The molecular weight excluding hydrogens is 458 g/mol. The fourth-order valence-electron chi connectivity index (χ4n) is 4.38. The number of hydrogen-bond donors (Lipinski definition) is 1. The number of amides is 1. The minimum Gasteiger partial charge on any atom is -0.494 e. The highest BCUT2D eigenvalue weighted by Crippen LogP contribution is 2.26. The molecule has 0 aliphatic carbocycles. The molecule has 0 saturated heterocycles. The van der Waals surface area contributed by atoms with E-state index in [2.05, 4.69) is 16.0 Å². The lowest BCUT2D eigenvalue weighted by molar-refractivity contribution is 0.0937. The molecule has 0 aliphatic heterocycles. The summed E-state index contributed by atoms with van der Waals surface area (Å²) in [5.74, 6) is 1.62. The molecule has 0 saturated carbocycles. The normalized spacial score (nSPS) is 12.0. The van der Waals surface area contributed by atoms with Gasteiger partial charge in [-0.2, -0.15) is 0 Å². The molecule has 0 aliphatic rings. The monoisotopic (exact) mass is 489 g/mol. The van der Waals surface area contributed by atoms with Gasteiger partial charge in [0.15, 0.2) is 0 Å². The summed E-state index contributed by atoms with van der Waals surface area (Å²) in [6, 6.07) is 19.5. The Labute approximate surface area is 212 Å². The summed E-state index contributed by atoms with van der Waals surface area (Å²) < 4.78 is 8.20. The molecule has 0 spiro atoms. The van der Waals surface area contributed by atoms with Crippen molar-refractivity contribution in [1.82, 2.24) is 14.9 Å². The highest BCUT2D eigenvalue weighted by Gasteiger charge is 2.19. The Bertz CT molecular complexity index is 1320. The van der Waals surface area contributed by atoms with Crippen LogP contribution in [0.5, 0.6) is 5.75 Å². The predicted molar refractivity (Wildman–Crippen MR) is 142 cm³/mol. The molecular formula is C29H32ClN3O2. The molecule has 4 rings (SSSR count). The van der Waals surface area contributed by atoms with E-state index in [0.717, 1.165) is 63.7 Å². The van der Waals surface area contributed by atoms with Crippen LogP contribution in [0.15, 0.2) is 60.7 Å². The second-order valence-electron chi connectivity index (χ2n) is 9.05. The summed E-state index contributed by atoms with van der Waals surface area (Å²) in [6.07, 6.45) is 1.83. The smallest absolute Gasteiger partial charge is 0.252 e. The van der Waals surface area contributed by atoms with E-state index in [0.29, 0.717) is 12.2 Å². The van der Waals surface area contributed by atoms with Crippen molar-refractivity contribution in [2.45, 2.75) is 53.1 Å². The molecule has 1 heterocycles. The summed E-state index contributed by atoms with van der Waals surface area (Å²) >= 11 is 6.26. The molecule has 182 valence electrons. The number of unbranched alkanes of at least 4 members (excludes halogenated alkanes) is 1. The lowest BCUT2D eigenvalue weighted by Gasteiger charge is -2.17. The van der Waals surface area contributed by atoms with Crippen LogP contribution in [0.1, 0.15) is 58.7 Å². The SMILES string of the molecule is Cc1ccccc1C(=O)NC(C)c1nc2ccccc2n1CCCCOc1cc(C)c(Cl)c(C)c1. The zero-order valence-corrected chi connectivity index (χ0v) is 21.5. The fourth-order valence-corrected chi connectivity index (χ4v) is 4.49. The van der Waals surface area contributed by atoms with Crippen LogP contribution in [0.25, 0.3) is 11.0 Å². The molecule has 0 fully saturated rings. The number of ether oxygens (including phenoxy) is 1. The Morgan fingerprint density at radius 3 is 2.43 bits per heavy atom. The summed E-state index contributed by atoms with van der Waals surface area (Å²) in [7, 11) is 0. The minimum atomic E-state index is -0.231. The van der Waals surface area contributed by atoms with E-state index >= 15 is 0 Å². The Hall–Kier alpha value is -3.31. The molecule has 1 N–H and O–H groups in total. The lowest BCUT2D eigenvalue weighted by atomic mass is 10.1. The van der Waals surface area contributed by atoms with Crippen LogP contribution in [0.2, 0.25) is 5.02 Å². The summed E-state index contributed by atoms with van der Waals surface area (Å²) in [6.45, 7) is 9.34. The standard InChI is InChI=1S/C29H32ClN3O2/c1-19-11-5-6-12-24(19)29(34)31-22(4)28-32-25-13-7-8-14-26(25)33(28)15-9-10-16-35-23-17-20(2)27(30)21(3)18-23/h5-8,11-14,17-18,22H,9-10,15-16H2,1-4H3,(H,31,34). The molecule has 5 nitrogen and oxygen atoms in total. The van der Waals surface area contributed by atoms with E-state index < -0.39 is 0 Å². The van der Waals surface area contributed by atoms with E-state index in [1.165, 1.54) is 0 Å². The highest BCUT2D eigenvalue weighted by molar-refractivity contribution is 6.32. The first kappa shape index (κ1) is 24.8. The second kappa shape index (κ2) is 11.0. The van der Waals surface area contributed by atoms with Gasteiger partial charge in [-0.3, -0.25) is 4.79 Å². The van der Waals surface area contributed by atoms with Gasteiger partial charge in [-0.05, 0) is 87.6 Å². The second-order valence-corrected chi connectivity index (χ2v) is 9.43. The first-order chi connectivity index (χ1) is 16.8. The van der Waals surface area contributed by atoms with Crippen molar-refractivity contribution in [3.63, 3.8) is 0 Å². The molecule has 1 amide bonds. The number of carbonyl (C=O) groups is 1. The van der Waals surface area contributed by atoms with Crippen molar-refractivity contribution in [3.05, 3.63) is 93.8 Å². The number of carbonyl (C=O) groups excluding carboxylic acids is 1. The quantitative estimate of drug-likeness (QED) is 0.258. The largest absolute Gasteiger partial charge is 0.494 e. The van der Waals surface area contributed by atoms with Crippen molar-refractivity contribution in [3.8, 4) is 5.75 Å². The van der Waals surface area contributed by atoms with E-state index in [1.54, 1.807) is 0 Å². The third-order valence-electron chi connectivity index (χ3n) is 6.26. The van der Waals surface area contributed by atoms with Gasteiger partial charge in [0.2, 0.25) is 0 Å². The summed E-state index contributed by atoms with van der Waals surface area (Å²) in [5, 5.41) is 3.93. The van der Waals surface area contributed by atoms with Crippen molar-refractivity contribution >= 4 is 28.5 Å². The van der Waals surface area contributed by atoms with E-state index in [4.69, 9.17) is 21.3 Å². The highest BCUT2D eigenvalue weighted by atomic mass is 35.5. The molecule has 0 radical (unpaired) electrons. The third-order valence-corrected chi connectivity index (χ3v) is 6.86. The Morgan fingerprint density at radius 1 is 1.00 bits per heavy atom. The van der Waals surface area contributed by atoms with Gasteiger partial charge < -0.3 is 14.6 Å². The number of nitrogens with one attached hydrogen (secondary N) is 1. The molecule has 35 heavy (non-hydrogen) atoms. The average molecular weight is 490 g/mol. The van der Waals surface area contributed by atoms with Crippen LogP contribution >= 0.6 is 11.6 Å². The number of aryl methyl sites for hydroxylation is 4. The molecule has 1 atom stereocenters. The summed E-state index contributed by atoms with van der Waals surface area (Å²) in [4.78, 5) is 17.8. The topological polar surface area (TPSA) is 56.2 Å². The first-order valence-corrected chi connectivity index (χ1v) is 12.4. The Balaban J connectivity index is 1.43. The Morgan fingerprint density at radius 2 is 1.69 bits per heavy atom. The molecule has 3 aromatic carbocycles. The summed E-state index contributed by atoms with van der Waals surface area (Å²) in [5.41, 5.74) is 5.70. The maximum Gasteiger partial charge on any atom is 0.252 e. The number of rotatable bonds is 9. The first-order valence-electron chi connectivity index (χ1n) is 12.1. The number of hydrogen-bond acceptors (Lipinski definition) is 3. The van der Waals surface area contributed by atoms with Gasteiger partial charge in [0.1, 0.15) is 11.6 Å². The zero-order chi connectivity index (χ0) is 24.9. The van der Waals surface area contributed by atoms with E-state index in [1.807, 2.05) is 82.3 Å². The molecule has 4 aromatic rings. The van der Waals surface area contributed by atoms with Crippen LogP contribution in [0.4, 0.5) is 0 Å². The van der Waals surface area contributed by atoms with Crippen molar-refractivity contribution in [1.29, 1.82) is 0 Å². The number of nitrogens with zero attached hydrogens (tertiary/aromatic N) is 2. The fraction of sp³-hybridized carbons (Fsp3) is 0.310. The number of imidazole rings is 1. The zero-order valence-electron chi connectivity index (χ0n) is 20.8. The van der Waals surface area contributed by atoms with E-state index in [-0.39, 0.29) is 11.9 Å².